The van der Waals surface area contributed by atoms with E-state index in [2.05, 4.69) is 6.07 Å². The number of carbonyl (C=O) groups excluding carboxylic acids is 1. The molecule has 0 N–H and O–H groups in total. The van der Waals surface area contributed by atoms with Crippen LogP contribution in [0.4, 0.5) is 0 Å². The van der Waals surface area contributed by atoms with Gasteiger partial charge in [-0.2, -0.15) is 5.26 Å². The molecule has 3 aromatic rings. The number of carbonyl (C=O) groups is 1. The molecule has 0 atom stereocenters. The minimum Gasteiger partial charge on any atom is -0.452 e. The summed E-state index contributed by atoms with van der Waals surface area (Å²) in [6.45, 7) is 3.80. The Morgan fingerprint density at radius 3 is 2.70 bits per heavy atom. The van der Waals surface area contributed by atoms with Crippen molar-refractivity contribution in [3.8, 4) is 6.07 Å². The van der Waals surface area contributed by atoms with Gasteiger partial charge in [-0.15, -0.1) is 0 Å². The van der Waals surface area contributed by atoms with Crippen LogP contribution in [-0.2, 0) is 7.05 Å². The van der Waals surface area contributed by atoms with Crippen molar-refractivity contribution in [2.45, 2.75) is 13.8 Å². The van der Waals surface area contributed by atoms with E-state index in [1.807, 2.05) is 45.2 Å². The fraction of sp³-hybridized carbons (Fsp3) is 0.158. The predicted octanol–water partition coefficient (Wildman–Crippen LogP) is 4.16. The van der Waals surface area contributed by atoms with E-state index in [1.165, 1.54) is 6.08 Å². The highest BCUT2D eigenvalue weighted by atomic mass is 16.3. The summed E-state index contributed by atoms with van der Waals surface area (Å²) in [7, 11) is 1.83. The van der Waals surface area contributed by atoms with Gasteiger partial charge in [-0.25, -0.2) is 0 Å². The Labute approximate surface area is 134 Å². The topological polar surface area (TPSA) is 58.9 Å². The number of rotatable bonds is 3. The Bertz CT molecular complexity index is 981. The number of nitrogens with zero attached hydrogens (tertiary/aromatic N) is 2. The fourth-order valence-corrected chi connectivity index (χ4v) is 2.65. The molecular formula is C19H16N2O2. The molecule has 0 unspecified atom stereocenters. The zero-order chi connectivity index (χ0) is 16.6. The number of para-hydroxylation sites is 1. The van der Waals surface area contributed by atoms with Crippen LogP contribution >= 0.6 is 0 Å². The number of fused-ring (bicyclic) bond motifs is 1. The highest BCUT2D eigenvalue weighted by molar-refractivity contribution is 6.08. The number of hydrogen-bond acceptors (Lipinski definition) is 3. The summed E-state index contributed by atoms with van der Waals surface area (Å²) in [5.41, 5.74) is 3.91. The van der Waals surface area contributed by atoms with E-state index in [9.17, 15) is 4.79 Å². The van der Waals surface area contributed by atoms with Crippen LogP contribution in [0, 0.1) is 25.2 Å². The average Bonchev–Trinajstić information content (AvgIpc) is 3.04. The molecule has 0 amide bonds. The predicted molar refractivity (Wildman–Crippen MR) is 89.2 cm³/mol. The molecule has 3 rings (SSSR count). The van der Waals surface area contributed by atoms with Crippen molar-refractivity contribution in [1.82, 2.24) is 4.57 Å². The molecule has 0 spiro atoms. The van der Waals surface area contributed by atoms with Crippen molar-refractivity contribution in [2.24, 2.45) is 7.05 Å². The number of nitriles is 1. The fourth-order valence-electron chi connectivity index (χ4n) is 2.65. The lowest BCUT2D eigenvalue weighted by molar-refractivity contribution is 0.102. The normalized spacial score (nSPS) is 11.2. The van der Waals surface area contributed by atoms with Crippen LogP contribution in [0.25, 0.3) is 17.0 Å². The molecule has 0 bridgehead atoms. The Morgan fingerprint density at radius 1 is 1.30 bits per heavy atom. The monoisotopic (exact) mass is 304 g/mol. The van der Waals surface area contributed by atoms with Crippen molar-refractivity contribution in [3.63, 3.8) is 0 Å². The molecule has 0 radical (unpaired) electrons. The summed E-state index contributed by atoms with van der Waals surface area (Å²) < 4.78 is 7.47. The highest BCUT2D eigenvalue weighted by Gasteiger charge is 2.15. The largest absolute Gasteiger partial charge is 0.452 e. The van der Waals surface area contributed by atoms with Gasteiger partial charge < -0.3 is 8.98 Å². The molecule has 4 heteroatoms. The van der Waals surface area contributed by atoms with Crippen molar-refractivity contribution in [1.29, 1.82) is 5.26 Å². The second-order valence-electron chi connectivity index (χ2n) is 5.49. The molecule has 0 saturated heterocycles. The Morgan fingerprint density at radius 2 is 2.04 bits per heavy atom. The lowest BCUT2D eigenvalue weighted by atomic mass is 10.1. The van der Waals surface area contributed by atoms with Crippen molar-refractivity contribution in [3.05, 3.63) is 64.7 Å². The zero-order valence-electron chi connectivity index (χ0n) is 13.3. The summed E-state index contributed by atoms with van der Waals surface area (Å²) >= 11 is 0. The summed E-state index contributed by atoms with van der Waals surface area (Å²) in [6.07, 6.45) is 3.22. The van der Waals surface area contributed by atoms with E-state index in [0.29, 0.717) is 17.0 Å². The lowest BCUT2D eigenvalue weighted by Crippen LogP contribution is -1.95. The Balaban J connectivity index is 1.95. The molecule has 0 saturated carbocycles. The van der Waals surface area contributed by atoms with Crippen LogP contribution in [-0.4, -0.2) is 10.4 Å². The maximum absolute atomic E-state index is 12.4. The van der Waals surface area contributed by atoms with E-state index in [0.717, 1.165) is 22.2 Å². The first kappa shape index (κ1) is 14.9. The smallest absolute Gasteiger partial charge is 0.221 e. The van der Waals surface area contributed by atoms with Crippen LogP contribution in [0.2, 0.25) is 0 Å². The molecule has 0 aliphatic carbocycles. The van der Waals surface area contributed by atoms with Gasteiger partial charge in [0.15, 0.2) is 5.76 Å². The lowest BCUT2D eigenvalue weighted by Gasteiger charge is -1.97. The number of aromatic nitrogens is 1. The Hall–Kier alpha value is -3.06. The summed E-state index contributed by atoms with van der Waals surface area (Å²) in [5.74, 6) is 0.178. The number of allylic oxidation sites excluding steroid dienone is 1. The van der Waals surface area contributed by atoms with Crippen LogP contribution in [0.5, 0.6) is 0 Å². The first-order valence-electron chi connectivity index (χ1n) is 7.30. The molecule has 23 heavy (non-hydrogen) atoms. The van der Waals surface area contributed by atoms with Gasteiger partial charge in [0.05, 0.1) is 0 Å². The molecule has 1 aromatic carbocycles. The first-order valence-corrected chi connectivity index (χ1v) is 7.30. The molecule has 4 nitrogen and oxygen atoms in total. The number of benzene rings is 1. The van der Waals surface area contributed by atoms with Gasteiger partial charge in [0, 0.05) is 23.7 Å². The van der Waals surface area contributed by atoms with Crippen LogP contribution in [0.3, 0.4) is 0 Å². The zero-order valence-corrected chi connectivity index (χ0v) is 13.3. The number of ketones is 1. The van der Waals surface area contributed by atoms with E-state index < -0.39 is 0 Å². The second kappa shape index (κ2) is 5.62. The molecule has 0 aliphatic heterocycles. The third kappa shape index (κ3) is 2.47. The molecule has 0 aliphatic rings. The number of hydrogen-bond donors (Lipinski definition) is 0. The van der Waals surface area contributed by atoms with Crippen LogP contribution < -0.4 is 0 Å². The van der Waals surface area contributed by atoms with Gasteiger partial charge in [0.1, 0.15) is 17.3 Å². The van der Waals surface area contributed by atoms with Gasteiger partial charge in [0.2, 0.25) is 5.78 Å². The van der Waals surface area contributed by atoms with Gasteiger partial charge >= 0.3 is 0 Å². The maximum Gasteiger partial charge on any atom is 0.221 e. The summed E-state index contributed by atoms with van der Waals surface area (Å²) in [5, 5.41) is 10.0. The van der Waals surface area contributed by atoms with Crippen molar-refractivity contribution < 1.29 is 9.21 Å². The van der Waals surface area contributed by atoms with Crippen molar-refractivity contribution >= 4 is 22.8 Å². The molecule has 0 fully saturated rings. The second-order valence-corrected chi connectivity index (χ2v) is 5.49. The van der Waals surface area contributed by atoms with Crippen LogP contribution in [0.15, 0.2) is 40.8 Å². The van der Waals surface area contributed by atoms with E-state index >= 15 is 0 Å². The Kier molecular flexibility index (Phi) is 3.63. The minimum atomic E-state index is -0.180. The standard InChI is InChI=1S/C19H16N2O2/c1-12-16-6-4-5-7-18(16)23-19(12)17(22)9-8-14-10-15(11-20)21(3)13(14)2/h4-10H,1-3H3/b9-8+. The van der Waals surface area contributed by atoms with Gasteiger partial charge in [-0.1, -0.05) is 18.2 Å². The summed E-state index contributed by atoms with van der Waals surface area (Å²) in [6, 6.07) is 11.5. The molecule has 2 heterocycles. The molecule has 114 valence electrons. The molecule has 2 aromatic heterocycles. The van der Waals surface area contributed by atoms with E-state index in [4.69, 9.17) is 9.68 Å². The first-order chi connectivity index (χ1) is 11.0. The summed E-state index contributed by atoms with van der Waals surface area (Å²) in [4.78, 5) is 12.4. The van der Waals surface area contributed by atoms with E-state index in [-0.39, 0.29) is 5.78 Å². The SMILES string of the molecule is Cc1c(C(=O)/C=C/c2cc(C#N)n(C)c2C)oc2ccccc12. The average molecular weight is 304 g/mol. The third-order valence-electron chi connectivity index (χ3n) is 4.17. The van der Waals surface area contributed by atoms with Gasteiger partial charge in [-0.05, 0) is 43.7 Å². The minimum absolute atomic E-state index is 0.180. The van der Waals surface area contributed by atoms with Gasteiger partial charge in [0.25, 0.3) is 0 Å². The number of furan rings is 1. The highest BCUT2D eigenvalue weighted by Crippen LogP contribution is 2.25. The maximum atomic E-state index is 12.4. The number of aryl methyl sites for hydroxylation is 1. The third-order valence-corrected chi connectivity index (χ3v) is 4.17. The van der Waals surface area contributed by atoms with E-state index in [1.54, 1.807) is 16.7 Å². The molecular weight excluding hydrogens is 288 g/mol. The van der Waals surface area contributed by atoms with Crippen LogP contribution in [0.1, 0.15) is 33.1 Å². The van der Waals surface area contributed by atoms with Crippen molar-refractivity contribution in [2.75, 3.05) is 0 Å². The van der Waals surface area contributed by atoms with Gasteiger partial charge in [-0.3, -0.25) is 4.79 Å². The quantitative estimate of drug-likeness (QED) is 0.539.